The standard InChI is InChI=1S/C14H24N4O2S/c1-2-7-15-8-11-9-16-18-13(11)21(19,20)17-10-14(5-6-14)12-3-4-12/h9,12,15,17H,2-8,10H2,1H3,(H,16,18). The van der Waals surface area contributed by atoms with Crippen LogP contribution in [-0.4, -0.2) is 31.7 Å². The second-order valence-corrected chi connectivity index (χ2v) is 8.07. The highest BCUT2D eigenvalue weighted by Crippen LogP contribution is 2.60. The smallest absolute Gasteiger partial charge is 0.257 e. The summed E-state index contributed by atoms with van der Waals surface area (Å²) in [7, 11) is -3.49. The number of rotatable bonds is 9. The second kappa shape index (κ2) is 5.70. The van der Waals surface area contributed by atoms with Gasteiger partial charge in [-0.1, -0.05) is 6.92 Å². The van der Waals surface area contributed by atoms with Crippen LogP contribution in [0.1, 0.15) is 44.6 Å². The Morgan fingerprint density at radius 2 is 2.19 bits per heavy atom. The molecule has 7 heteroatoms. The first-order chi connectivity index (χ1) is 10.1. The first-order valence-electron chi connectivity index (χ1n) is 7.80. The number of nitrogens with zero attached hydrogens (tertiary/aromatic N) is 1. The molecule has 0 spiro atoms. The predicted octanol–water partition coefficient (Wildman–Crippen LogP) is 1.38. The number of nitrogens with one attached hydrogen (secondary N) is 3. The van der Waals surface area contributed by atoms with Gasteiger partial charge in [-0.25, -0.2) is 13.1 Å². The number of aromatic nitrogens is 2. The summed E-state index contributed by atoms with van der Waals surface area (Å²) < 4.78 is 27.7. The molecule has 3 rings (SSSR count). The van der Waals surface area contributed by atoms with Gasteiger partial charge in [-0.3, -0.25) is 5.10 Å². The summed E-state index contributed by atoms with van der Waals surface area (Å²) in [6.45, 7) is 4.03. The van der Waals surface area contributed by atoms with Crippen molar-refractivity contribution in [2.24, 2.45) is 11.3 Å². The Hall–Kier alpha value is -0.920. The third kappa shape index (κ3) is 3.30. The molecule has 0 bridgehead atoms. The minimum Gasteiger partial charge on any atom is -0.313 e. The van der Waals surface area contributed by atoms with Crippen molar-refractivity contribution < 1.29 is 8.42 Å². The van der Waals surface area contributed by atoms with Crippen molar-refractivity contribution in [2.45, 2.75) is 50.6 Å². The van der Waals surface area contributed by atoms with E-state index in [1.54, 1.807) is 6.20 Å². The van der Waals surface area contributed by atoms with Gasteiger partial charge in [0.1, 0.15) is 0 Å². The fraction of sp³-hybridized carbons (Fsp3) is 0.786. The first kappa shape index (κ1) is 15.0. The van der Waals surface area contributed by atoms with Crippen LogP contribution in [0.15, 0.2) is 11.2 Å². The molecule has 1 aromatic rings. The molecule has 0 amide bonds. The summed E-state index contributed by atoms with van der Waals surface area (Å²) in [5.74, 6) is 0.743. The van der Waals surface area contributed by atoms with Crippen molar-refractivity contribution in [1.82, 2.24) is 20.2 Å². The van der Waals surface area contributed by atoms with Gasteiger partial charge in [0, 0.05) is 18.7 Å². The number of sulfonamides is 1. The molecule has 0 aromatic carbocycles. The lowest BCUT2D eigenvalue weighted by Crippen LogP contribution is -2.32. The zero-order valence-electron chi connectivity index (χ0n) is 12.5. The third-order valence-corrected chi connectivity index (χ3v) is 6.05. The third-order valence-electron chi connectivity index (χ3n) is 4.64. The van der Waals surface area contributed by atoms with Crippen molar-refractivity contribution in [3.63, 3.8) is 0 Å². The molecule has 2 aliphatic carbocycles. The summed E-state index contributed by atoms with van der Waals surface area (Å²) in [5, 5.41) is 9.94. The molecule has 118 valence electrons. The highest BCUT2D eigenvalue weighted by molar-refractivity contribution is 7.89. The van der Waals surface area contributed by atoms with E-state index in [1.807, 2.05) is 0 Å². The Kier molecular flexibility index (Phi) is 4.07. The predicted molar refractivity (Wildman–Crippen MR) is 80.2 cm³/mol. The van der Waals surface area contributed by atoms with Crippen LogP contribution in [0, 0.1) is 11.3 Å². The minimum absolute atomic E-state index is 0.206. The number of H-pyrrole nitrogens is 1. The fourth-order valence-corrected chi connectivity index (χ4v) is 4.22. The van der Waals surface area contributed by atoms with Crippen LogP contribution in [0.5, 0.6) is 0 Å². The van der Waals surface area contributed by atoms with Gasteiger partial charge < -0.3 is 5.32 Å². The van der Waals surface area contributed by atoms with E-state index in [0.717, 1.165) is 31.7 Å². The van der Waals surface area contributed by atoms with Crippen LogP contribution >= 0.6 is 0 Å². The van der Waals surface area contributed by atoms with Crippen molar-refractivity contribution in [3.05, 3.63) is 11.8 Å². The molecule has 3 N–H and O–H groups in total. The molecule has 1 aromatic heterocycles. The highest BCUT2D eigenvalue weighted by atomic mass is 32.2. The largest absolute Gasteiger partial charge is 0.313 e. The molecule has 0 aliphatic heterocycles. The maximum atomic E-state index is 12.5. The van der Waals surface area contributed by atoms with E-state index in [1.165, 1.54) is 12.8 Å². The van der Waals surface area contributed by atoms with Gasteiger partial charge in [0.2, 0.25) is 0 Å². The van der Waals surface area contributed by atoms with E-state index in [9.17, 15) is 8.42 Å². The molecule has 0 saturated heterocycles. The zero-order valence-corrected chi connectivity index (χ0v) is 13.3. The molecule has 0 unspecified atom stereocenters. The Labute approximate surface area is 126 Å². The van der Waals surface area contributed by atoms with Gasteiger partial charge in [-0.05, 0) is 50.0 Å². The fourth-order valence-electron chi connectivity index (χ4n) is 2.95. The Morgan fingerprint density at radius 1 is 1.43 bits per heavy atom. The summed E-state index contributed by atoms with van der Waals surface area (Å²) in [6.07, 6.45) is 7.45. The average Bonchev–Trinajstić information content (AvgIpc) is 3.35. The van der Waals surface area contributed by atoms with Gasteiger partial charge in [0.15, 0.2) is 5.03 Å². The summed E-state index contributed by atoms with van der Waals surface area (Å²) in [4.78, 5) is 0. The Balaban J connectivity index is 1.63. The molecule has 2 aliphatic rings. The van der Waals surface area contributed by atoms with Gasteiger partial charge >= 0.3 is 0 Å². The summed E-state index contributed by atoms with van der Waals surface area (Å²) in [6, 6.07) is 0. The molecule has 2 fully saturated rings. The van der Waals surface area contributed by atoms with Gasteiger partial charge in [-0.2, -0.15) is 5.10 Å². The lowest BCUT2D eigenvalue weighted by molar-refractivity contribution is 0.431. The normalized spacial score (nSPS) is 20.6. The summed E-state index contributed by atoms with van der Waals surface area (Å²) >= 11 is 0. The van der Waals surface area contributed by atoms with Crippen LogP contribution in [0.3, 0.4) is 0 Å². The SMILES string of the molecule is CCCNCc1cn[nH]c1S(=O)(=O)NCC1(C2CC2)CC1. The monoisotopic (exact) mass is 312 g/mol. The number of hydrogen-bond donors (Lipinski definition) is 3. The van der Waals surface area contributed by atoms with E-state index in [4.69, 9.17) is 0 Å². The molecular formula is C14H24N4O2S. The number of aromatic amines is 1. The Bertz CT molecular complexity index is 588. The Morgan fingerprint density at radius 3 is 2.81 bits per heavy atom. The van der Waals surface area contributed by atoms with E-state index < -0.39 is 10.0 Å². The molecule has 1 heterocycles. The van der Waals surface area contributed by atoms with Gasteiger partial charge in [0.05, 0.1) is 6.20 Å². The molecule has 6 nitrogen and oxygen atoms in total. The van der Waals surface area contributed by atoms with Crippen LogP contribution in [-0.2, 0) is 16.6 Å². The lowest BCUT2D eigenvalue weighted by atomic mass is 10.0. The van der Waals surface area contributed by atoms with Gasteiger partial charge in [0.25, 0.3) is 10.0 Å². The highest BCUT2D eigenvalue weighted by Gasteiger charge is 2.53. The molecule has 0 atom stereocenters. The van der Waals surface area contributed by atoms with Crippen LogP contribution in [0.4, 0.5) is 0 Å². The van der Waals surface area contributed by atoms with Gasteiger partial charge in [-0.15, -0.1) is 0 Å². The molecule has 21 heavy (non-hydrogen) atoms. The molecule has 2 saturated carbocycles. The topological polar surface area (TPSA) is 86.9 Å². The van der Waals surface area contributed by atoms with E-state index in [2.05, 4.69) is 27.2 Å². The van der Waals surface area contributed by atoms with Crippen LogP contribution < -0.4 is 10.0 Å². The minimum atomic E-state index is -3.49. The summed E-state index contributed by atoms with van der Waals surface area (Å²) in [5.41, 5.74) is 0.959. The second-order valence-electron chi connectivity index (χ2n) is 6.36. The van der Waals surface area contributed by atoms with E-state index in [-0.39, 0.29) is 10.4 Å². The average molecular weight is 312 g/mol. The van der Waals surface area contributed by atoms with Crippen molar-refractivity contribution >= 4 is 10.0 Å². The van der Waals surface area contributed by atoms with E-state index in [0.29, 0.717) is 18.7 Å². The molecule has 0 radical (unpaired) electrons. The number of hydrogen-bond acceptors (Lipinski definition) is 4. The maximum Gasteiger partial charge on any atom is 0.257 e. The van der Waals surface area contributed by atoms with Crippen LogP contribution in [0.25, 0.3) is 0 Å². The quantitative estimate of drug-likeness (QED) is 0.601. The maximum absolute atomic E-state index is 12.5. The van der Waals surface area contributed by atoms with Crippen molar-refractivity contribution in [1.29, 1.82) is 0 Å². The molecular weight excluding hydrogens is 288 g/mol. The van der Waals surface area contributed by atoms with E-state index >= 15 is 0 Å². The van der Waals surface area contributed by atoms with Crippen molar-refractivity contribution in [3.8, 4) is 0 Å². The first-order valence-corrected chi connectivity index (χ1v) is 9.28. The lowest BCUT2D eigenvalue weighted by Gasteiger charge is -2.15. The zero-order chi connectivity index (χ0) is 14.9. The van der Waals surface area contributed by atoms with Crippen molar-refractivity contribution in [2.75, 3.05) is 13.1 Å². The van der Waals surface area contributed by atoms with Crippen LogP contribution in [0.2, 0.25) is 0 Å².